The molecule has 1 aromatic carbocycles. The van der Waals surface area contributed by atoms with Crippen molar-refractivity contribution in [2.24, 2.45) is 5.41 Å². The Morgan fingerprint density at radius 2 is 2.33 bits per heavy atom. The zero-order valence-corrected chi connectivity index (χ0v) is 12.4. The minimum absolute atomic E-state index is 0.0387. The Morgan fingerprint density at radius 1 is 1.57 bits per heavy atom. The van der Waals surface area contributed by atoms with Crippen molar-refractivity contribution in [3.63, 3.8) is 0 Å². The molecule has 0 spiro atoms. The lowest BCUT2D eigenvalue weighted by molar-refractivity contribution is -0.140. The lowest BCUT2D eigenvalue weighted by Crippen LogP contribution is -2.43. The van der Waals surface area contributed by atoms with Crippen molar-refractivity contribution in [2.45, 2.75) is 26.3 Å². The van der Waals surface area contributed by atoms with Crippen LogP contribution in [-0.4, -0.2) is 30.9 Å². The van der Waals surface area contributed by atoms with Gasteiger partial charge in [-0.3, -0.25) is 4.79 Å². The van der Waals surface area contributed by atoms with Gasteiger partial charge in [-0.2, -0.15) is 5.26 Å². The third-order valence-electron chi connectivity index (χ3n) is 4.30. The number of rotatable bonds is 4. The minimum Gasteiger partial charge on any atom is -0.341 e. The van der Waals surface area contributed by atoms with Crippen molar-refractivity contribution >= 4 is 5.91 Å². The van der Waals surface area contributed by atoms with Crippen LogP contribution in [0, 0.1) is 22.6 Å². The molecular formula is C16H20FN3O. The lowest BCUT2D eigenvalue weighted by Gasteiger charge is -2.31. The number of nitriles is 1. The van der Waals surface area contributed by atoms with Crippen molar-refractivity contribution in [1.29, 1.82) is 5.26 Å². The van der Waals surface area contributed by atoms with Crippen LogP contribution in [0.15, 0.2) is 18.2 Å². The fourth-order valence-corrected chi connectivity index (χ4v) is 2.88. The van der Waals surface area contributed by atoms with Gasteiger partial charge in [0.05, 0.1) is 17.0 Å². The highest BCUT2D eigenvalue weighted by Crippen LogP contribution is 2.32. The van der Waals surface area contributed by atoms with Gasteiger partial charge in [0.25, 0.3) is 0 Å². The van der Waals surface area contributed by atoms with Gasteiger partial charge in [-0.05, 0) is 37.6 Å². The molecule has 0 radical (unpaired) electrons. The maximum absolute atomic E-state index is 13.8. The first-order valence-corrected chi connectivity index (χ1v) is 7.17. The van der Waals surface area contributed by atoms with Gasteiger partial charge in [-0.1, -0.05) is 6.92 Å². The molecule has 0 aliphatic carbocycles. The molecule has 1 unspecified atom stereocenters. The van der Waals surface area contributed by atoms with Crippen LogP contribution in [0.25, 0.3) is 0 Å². The number of carbonyl (C=O) groups is 1. The largest absolute Gasteiger partial charge is 0.341 e. The summed E-state index contributed by atoms with van der Waals surface area (Å²) in [5.74, 6) is -0.347. The molecule has 1 N–H and O–H groups in total. The number of nitrogens with zero attached hydrogens (tertiary/aromatic N) is 2. The molecule has 1 aromatic rings. The second kappa shape index (κ2) is 6.23. The zero-order valence-electron chi connectivity index (χ0n) is 12.4. The van der Waals surface area contributed by atoms with Crippen molar-refractivity contribution < 1.29 is 9.18 Å². The van der Waals surface area contributed by atoms with E-state index in [0.29, 0.717) is 17.7 Å². The van der Waals surface area contributed by atoms with E-state index in [0.717, 1.165) is 19.4 Å². The molecule has 0 aromatic heterocycles. The van der Waals surface area contributed by atoms with E-state index in [1.807, 2.05) is 13.0 Å². The zero-order chi connectivity index (χ0) is 15.5. The Labute approximate surface area is 124 Å². The fraction of sp³-hybridized carbons (Fsp3) is 0.500. The van der Waals surface area contributed by atoms with Gasteiger partial charge in [-0.25, -0.2) is 4.39 Å². The molecule has 0 saturated carbocycles. The SMILES string of the molecule is CCC1(C(=O)N(C)Cc2cc(C#N)ccc2F)CCNC1. The highest BCUT2D eigenvalue weighted by molar-refractivity contribution is 5.83. The van der Waals surface area contributed by atoms with E-state index in [1.165, 1.54) is 18.2 Å². The van der Waals surface area contributed by atoms with E-state index in [-0.39, 0.29) is 23.7 Å². The molecule has 1 aliphatic rings. The Hall–Kier alpha value is -1.93. The third-order valence-corrected chi connectivity index (χ3v) is 4.30. The maximum atomic E-state index is 13.8. The average molecular weight is 289 g/mol. The Balaban J connectivity index is 2.16. The molecule has 1 fully saturated rings. The van der Waals surface area contributed by atoms with E-state index < -0.39 is 0 Å². The average Bonchev–Trinajstić information content (AvgIpc) is 2.98. The summed E-state index contributed by atoms with van der Waals surface area (Å²) in [6, 6.07) is 6.21. The van der Waals surface area contributed by atoms with Crippen LogP contribution in [0.3, 0.4) is 0 Å². The third kappa shape index (κ3) is 3.06. The molecule has 21 heavy (non-hydrogen) atoms. The van der Waals surface area contributed by atoms with Crippen LogP contribution < -0.4 is 5.32 Å². The maximum Gasteiger partial charge on any atom is 0.230 e. The van der Waals surface area contributed by atoms with E-state index in [1.54, 1.807) is 11.9 Å². The number of nitrogens with one attached hydrogen (secondary N) is 1. The standard InChI is InChI=1S/C16H20FN3O/c1-3-16(6-7-19-11-16)15(21)20(2)10-13-8-12(9-18)4-5-14(13)17/h4-5,8,19H,3,6-7,10-11H2,1-2H3. The second-order valence-corrected chi connectivity index (χ2v) is 5.64. The van der Waals surface area contributed by atoms with Crippen molar-refractivity contribution in [2.75, 3.05) is 20.1 Å². The summed E-state index contributed by atoms with van der Waals surface area (Å²) < 4.78 is 13.8. The lowest BCUT2D eigenvalue weighted by atomic mass is 9.82. The van der Waals surface area contributed by atoms with Gasteiger partial charge in [0, 0.05) is 25.7 Å². The molecule has 5 heteroatoms. The van der Waals surface area contributed by atoms with Gasteiger partial charge in [-0.15, -0.1) is 0 Å². The number of hydrogen-bond acceptors (Lipinski definition) is 3. The molecular weight excluding hydrogens is 269 g/mol. The van der Waals surface area contributed by atoms with Crippen molar-refractivity contribution in [3.05, 3.63) is 35.1 Å². The van der Waals surface area contributed by atoms with Crippen LogP contribution in [0.5, 0.6) is 0 Å². The Morgan fingerprint density at radius 3 is 2.90 bits per heavy atom. The minimum atomic E-state index is -0.385. The Kier molecular flexibility index (Phi) is 4.59. The highest BCUT2D eigenvalue weighted by Gasteiger charge is 2.41. The second-order valence-electron chi connectivity index (χ2n) is 5.64. The summed E-state index contributed by atoms with van der Waals surface area (Å²) in [6.45, 7) is 3.71. The van der Waals surface area contributed by atoms with E-state index in [9.17, 15) is 9.18 Å². The van der Waals surface area contributed by atoms with E-state index in [4.69, 9.17) is 5.26 Å². The summed E-state index contributed by atoms with van der Waals surface area (Å²) in [7, 11) is 1.69. The predicted molar refractivity (Wildman–Crippen MR) is 77.8 cm³/mol. The number of amides is 1. The van der Waals surface area contributed by atoms with Gasteiger partial charge < -0.3 is 10.2 Å². The van der Waals surface area contributed by atoms with Gasteiger partial charge >= 0.3 is 0 Å². The van der Waals surface area contributed by atoms with E-state index >= 15 is 0 Å². The summed E-state index contributed by atoms with van der Waals surface area (Å²) in [4.78, 5) is 14.2. The van der Waals surface area contributed by atoms with Crippen molar-refractivity contribution in [1.82, 2.24) is 10.2 Å². The van der Waals surface area contributed by atoms with Crippen LogP contribution >= 0.6 is 0 Å². The molecule has 1 saturated heterocycles. The predicted octanol–water partition coefficient (Wildman–Crippen LogP) is 2.05. The van der Waals surface area contributed by atoms with Gasteiger partial charge in [0.2, 0.25) is 5.91 Å². The molecule has 4 nitrogen and oxygen atoms in total. The molecule has 1 heterocycles. The Bertz CT molecular complexity index is 573. The summed E-state index contributed by atoms with van der Waals surface area (Å²) in [5.41, 5.74) is 0.403. The molecule has 1 amide bonds. The topological polar surface area (TPSA) is 56.1 Å². The first kappa shape index (κ1) is 15.5. The number of hydrogen-bond donors (Lipinski definition) is 1. The van der Waals surface area contributed by atoms with Gasteiger partial charge in [0.15, 0.2) is 0 Å². The first-order valence-electron chi connectivity index (χ1n) is 7.17. The molecule has 1 atom stereocenters. The van der Waals surface area contributed by atoms with Crippen molar-refractivity contribution in [3.8, 4) is 6.07 Å². The smallest absolute Gasteiger partial charge is 0.230 e. The number of benzene rings is 1. The monoisotopic (exact) mass is 289 g/mol. The fourth-order valence-electron chi connectivity index (χ4n) is 2.88. The van der Waals surface area contributed by atoms with Gasteiger partial charge in [0.1, 0.15) is 5.82 Å². The summed E-state index contributed by atoms with van der Waals surface area (Å²) in [5, 5.41) is 12.1. The van der Waals surface area contributed by atoms with Crippen LogP contribution in [0.4, 0.5) is 4.39 Å². The summed E-state index contributed by atoms with van der Waals surface area (Å²) in [6.07, 6.45) is 1.58. The normalized spacial score (nSPS) is 21.0. The van der Waals surface area contributed by atoms with Crippen LogP contribution in [0.1, 0.15) is 30.9 Å². The van der Waals surface area contributed by atoms with E-state index in [2.05, 4.69) is 5.32 Å². The molecule has 2 rings (SSSR count). The highest BCUT2D eigenvalue weighted by atomic mass is 19.1. The quantitative estimate of drug-likeness (QED) is 0.923. The number of carbonyl (C=O) groups excluding carboxylic acids is 1. The molecule has 112 valence electrons. The number of halogens is 1. The van der Waals surface area contributed by atoms with Crippen LogP contribution in [-0.2, 0) is 11.3 Å². The summed E-state index contributed by atoms with van der Waals surface area (Å²) >= 11 is 0. The molecule has 0 bridgehead atoms. The van der Waals surface area contributed by atoms with Crippen LogP contribution in [0.2, 0.25) is 0 Å². The molecule has 1 aliphatic heterocycles. The first-order chi connectivity index (χ1) is 10.0.